The number of pyridine rings is 1. The smallest absolute Gasteiger partial charge is 0.255 e. The maximum absolute atomic E-state index is 11.2. The molecule has 0 radical (unpaired) electrons. The number of rotatable bonds is 6. The third-order valence-corrected chi connectivity index (χ3v) is 5.58. The first kappa shape index (κ1) is 18.6. The van der Waals surface area contributed by atoms with E-state index in [0.29, 0.717) is 21.1 Å². The Kier molecular flexibility index (Phi) is 5.80. The number of anilines is 2. The molecule has 128 valence electrons. The van der Waals surface area contributed by atoms with Gasteiger partial charge in [0, 0.05) is 6.20 Å². The van der Waals surface area contributed by atoms with Crippen LogP contribution >= 0.6 is 27.7 Å². The molecule has 24 heavy (non-hydrogen) atoms. The molecule has 11 heteroatoms. The molecule has 2 heterocycles. The minimum Gasteiger partial charge on any atom is -0.512 e. The normalized spacial score (nSPS) is 12.6. The Morgan fingerprint density at radius 1 is 1.42 bits per heavy atom. The van der Waals surface area contributed by atoms with Gasteiger partial charge in [-0.25, -0.2) is 28.5 Å². The molecule has 2 rings (SSSR count). The topological polar surface area (TPSA) is 131 Å². The molecular weight excluding hydrogens is 418 g/mol. The first-order valence-electron chi connectivity index (χ1n) is 6.49. The number of primary sulfonamides is 1. The van der Waals surface area contributed by atoms with Crippen molar-refractivity contribution >= 4 is 49.4 Å². The molecular formula is C13H14BrN5O3S2. The van der Waals surface area contributed by atoms with E-state index in [-0.39, 0.29) is 16.0 Å². The van der Waals surface area contributed by atoms with Gasteiger partial charge in [-0.05, 0) is 35.0 Å². The zero-order valence-corrected chi connectivity index (χ0v) is 15.7. The quantitative estimate of drug-likeness (QED) is 0.361. The Morgan fingerprint density at radius 3 is 2.67 bits per heavy atom. The van der Waals surface area contributed by atoms with Crippen molar-refractivity contribution < 1.29 is 13.5 Å². The molecule has 1 atom stereocenters. The summed E-state index contributed by atoms with van der Waals surface area (Å²) in [5.41, 5.74) is 0.500. The summed E-state index contributed by atoms with van der Waals surface area (Å²) in [4.78, 5) is 12.2. The molecule has 2 aromatic heterocycles. The summed E-state index contributed by atoms with van der Waals surface area (Å²) in [6.07, 6.45) is 2.88. The monoisotopic (exact) mass is 431 g/mol. The van der Waals surface area contributed by atoms with Crippen molar-refractivity contribution in [2.75, 3.05) is 5.32 Å². The lowest BCUT2D eigenvalue weighted by atomic mass is 10.4. The highest BCUT2D eigenvalue weighted by molar-refractivity contribution is 9.10. The number of nitrogens with zero attached hydrogens (tertiary/aromatic N) is 3. The summed E-state index contributed by atoms with van der Waals surface area (Å²) >= 11 is 4.66. The lowest BCUT2D eigenvalue weighted by Crippen LogP contribution is -2.13. The molecule has 0 aliphatic carbocycles. The Balaban J connectivity index is 2.19. The number of hydrogen-bond donors (Lipinski definition) is 3. The summed E-state index contributed by atoms with van der Waals surface area (Å²) < 4.78 is 23.0. The van der Waals surface area contributed by atoms with Crippen molar-refractivity contribution in [3.05, 3.63) is 41.3 Å². The van der Waals surface area contributed by atoms with Gasteiger partial charge in [0.1, 0.15) is 5.03 Å². The minimum absolute atomic E-state index is 0.0443. The van der Waals surface area contributed by atoms with Gasteiger partial charge in [-0.2, -0.15) is 0 Å². The molecule has 4 N–H and O–H groups in total. The van der Waals surface area contributed by atoms with Gasteiger partial charge in [-0.3, -0.25) is 0 Å². The van der Waals surface area contributed by atoms with Gasteiger partial charge in [0.25, 0.3) is 10.0 Å². The fourth-order valence-corrected chi connectivity index (χ4v) is 3.19. The standard InChI is InChI=1S/C13H14BrN5O3S2/c1-7(20)8(2)23-12-10(14)6-17-13(19-12)18-9-3-4-11(16-5-9)24(15,21)22/h3-6,8,20H,1H2,2H3,(H2,15,21,22)(H,17,18,19). The molecule has 0 saturated heterocycles. The van der Waals surface area contributed by atoms with Crippen LogP contribution in [0.5, 0.6) is 0 Å². The van der Waals surface area contributed by atoms with E-state index in [1.807, 2.05) is 0 Å². The summed E-state index contributed by atoms with van der Waals surface area (Å²) in [5, 5.41) is 17.5. The van der Waals surface area contributed by atoms with Crippen molar-refractivity contribution in [1.82, 2.24) is 15.0 Å². The number of nitrogens with one attached hydrogen (secondary N) is 1. The van der Waals surface area contributed by atoms with Gasteiger partial charge in [0.2, 0.25) is 5.95 Å². The molecule has 0 fully saturated rings. The Labute approximate surface area is 151 Å². The number of hydrogen-bond acceptors (Lipinski definition) is 8. The van der Waals surface area contributed by atoms with E-state index in [4.69, 9.17) is 5.14 Å². The predicted octanol–water partition coefficient (Wildman–Crippen LogP) is 2.58. The molecule has 0 bridgehead atoms. The van der Waals surface area contributed by atoms with Crippen LogP contribution in [-0.2, 0) is 10.0 Å². The summed E-state index contributed by atoms with van der Waals surface area (Å²) in [6, 6.07) is 2.78. The minimum atomic E-state index is -3.84. The maximum Gasteiger partial charge on any atom is 0.255 e. The maximum atomic E-state index is 11.2. The van der Waals surface area contributed by atoms with Crippen LogP contribution in [0.15, 0.2) is 51.4 Å². The van der Waals surface area contributed by atoms with Gasteiger partial charge in [0.15, 0.2) is 5.03 Å². The van der Waals surface area contributed by atoms with Crippen LogP contribution in [0, 0.1) is 0 Å². The molecule has 1 unspecified atom stereocenters. The Bertz CT molecular complexity index is 858. The summed E-state index contributed by atoms with van der Waals surface area (Å²) in [6.45, 7) is 5.29. The molecule has 0 amide bonds. The van der Waals surface area contributed by atoms with E-state index in [9.17, 15) is 13.5 Å². The number of nitrogens with two attached hydrogens (primary N) is 1. The van der Waals surface area contributed by atoms with Crippen molar-refractivity contribution in [3.63, 3.8) is 0 Å². The zero-order chi connectivity index (χ0) is 17.9. The second kappa shape index (κ2) is 7.47. The number of aliphatic hydroxyl groups excluding tert-OH is 1. The van der Waals surface area contributed by atoms with Gasteiger partial charge >= 0.3 is 0 Å². The van der Waals surface area contributed by atoms with Crippen LogP contribution < -0.4 is 10.5 Å². The molecule has 0 spiro atoms. The number of thioether (sulfide) groups is 1. The van der Waals surface area contributed by atoms with Crippen LogP contribution in [-0.4, -0.2) is 33.7 Å². The van der Waals surface area contributed by atoms with E-state index in [1.54, 1.807) is 13.1 Å². The van der Waals surface area contributed by atoms with Crippen molar-refractivity contribution in [1.29, 1.82) is 0 Å². The Morgan fingerprint density at radius 2 is 2.12 bits per heavy atom. The van der Waals surface area contributed by atoms with Gasteiger partial charge in [0.05, 0.1) is 27.4 Å². The van der Waals surface area contributed by atoms with Gasteiger partial charge in [-0.15, -0.1) is 0 Å². The number of aromatic nitrogens is 3. The van der Waals surface area contributed by atoms with Gasteiger partial charge in [-0.1, -0.05) is 18.3 Å². The van der Waals surface area contributed by atoms with E-state index in [2.05, 4.69) is 42.8 Å². The van der Waals surface area contributed by atoms with Crippen LogP contribution in [0.4, 0.5) is 11.6 Å². The van der Waals surface area contributed by atoms with E-state index in [1.165, 1.54) is 30.1 Å². The molecule has 2 aromatic rings. The largest absolute Gasteiger partial charge is 0.512 e. The van der Waals surface area contributed by atoms with Crippen molar-refractivity contribution in [3.8, 4) is 0 Å². The first-order valence-corrected chi connectivity index (χ1v) is 9.71. The van der Waals surface area contributed by atoms with E-state index in [0.717, 1.165) is 0 Å². The van der Waals surface area contributed by atoms with Gasteiger partial charge < -0.3 is 10.4 Å². The molecule has 0 aliphatic rings. The molecule has 0 aromatic carbocycles. The van der Waals surface area contributed by atoms with E-state index >= 15 is 0 Å². The van der Waals surface area contributed by atoms with Crippen molar-refractivity contribution in [2.24, 2.45) is 5.14 Å². The summed E-state index contributed by atoms with van der Waals surface area (Å²) in [7, 11) is -3.84. The lowest BCUT2D eigenvalue weighted by molar-refractivity contribution is 0.401. The fraction of sp³-hybridized carbons (Fsp3) is 0.154. The predicted molar refractivity (Wildman–Crippen MR) is 95.7 cm³/mol. The van der Waals surface area contributed by atoms with Crippen LogP contribution in [0.3, 0.4) is 0 Å². The number of halogens is 1. The fourth-order valence-electron chi connectivity index (χ4n) is 1.48. The third kappa shape index (κ3) is 4.90. The lowest BCUT2D eigenvalue weighted by Gasteiger charge is -2.11. The molecule has 0 aliphatic heterocycles. The van der Waals surface area contributed by atoms with E-state index < -0.39 is 10.0 Å². The highest BCUT2D eigenvalue weighted by Gasteiger charge is 2.13. The zero-order valence-electron chi connectivity index (χ0n) is 12.5. The average Bonchev–Trinajstić information content (AvgIpc) is 2.50. The first-order chi connectivity index (χ1) is 11.2. The molecule has 0 saturated carbocycles. The second-order valence-corrected chi connectivity index (χ2v) is 8.35. The Hall–Kier alpha value is -1.69. The van der Waals surface area contributed by atoms with Crippen molar-refractivity contribution in [2.45, 2.75) is 22.2 Å². The van der Waals surface area contributed by atoms with Crippen LogP contribution in [0.1, 0.15) is 6.92 Å². The molecule has 8 nitrogen and oxygen atoms in total. The number of sulfonamides is 1. The van der Waals surface area contributed by atoms with Crippen LogP contribution in [0.25, 0.3) is 0 Å². The second-order valence-electron chi connectivity index (χ2n) is 4.65. The average molecular weight is 432 g/mol. The highest BCUT2D eigenvalue weighted by Crippen LogP contribution is 2.31. The highest BCUT2D eigenvalue weighted by atomic mass is 79.9. The van der Waals surface area contributed by atoms with Crippen LogP contribution in [0.2, 0.25) is 0 Å². The third-order valence-electron chi connectivity index (χ3n) is 2.75. The number of aliphatic hydroxyl groups is 1. The summed E-state index contributed by atoms with van der Waals surface area (Å²) in [5.74, 6) is 0.337. The SMILES string of the molecule is C=C(O)C(C)Sc1nc(Nc2ccc(S(N)(=O)=O)nc2)ncc1Br.